The monoisotopic (exact) mass is 316 g/mol. The number of aryl methyl sites for hydroxylation is 1. The molecule has 1 aromatic carbocycles. The highest BCUT2D eigenvalue weighted by Crippen LogP contribution is 2.23. The lowest BCUT2D eigenvalue weighted by atomic mass is 10.2. The number of rotatable bonds is 6. The normalized spacial score (nSPS) is 11.7. The number of hydrogen-bond acceptors (Lipinski definition) is 2. The molecule has 0 saturated carbocycles. The van der Waals surface area contributed by atoms with E-state index in [9.17, 15) is 4.39 Å². The van der Waals surface area contributed by atoms with Gasteiger partial charge >= 0.3 is 0 Å². The number of nitrogens with one attached hydrogen (secondary N) is 1. The van der Waals surface area contributed by atoms with Gasteiger partial charge in [0.1, 0.15) is 5.82 Å². The molecule has 1 N–H and O–H groups in total. The number of ether oxygens (including phenoxy) is 1. The number of H-pyrrole nitrogens is 1. The van der Waals surface area contributed by atoms with Gasteiger partial charge in [-0.05, 0) is 30.6 Å². The summed E-state index contributed by atoms with van der Waals surface area (Å²) in [6, 6.07) is 2.98. The Morgan fingerprint density at radius 3 is 2.90 bits per heavy atom. The Morgan fingerprint density at radius 2 is 2.20 bits per heavy atom. The molecule has 0 bridgehead atoms. The van der Waals surface area contributed by atoms with Crippen molar-refractivity contribution in [3.8, 4) is 0 Å². The maximum Gasteiger partial charge on any atom is 0.178 e. The van der Waals surface area contributed by atoms with E-state index < -0.39 is 5.82 Å². The van der Waals surface area contributed by atoms with Crippen LogP contribution in [0, 0.1) is 16.5 Å². The molecule has 0 radical (unpaired) electrons. The van der Waals surface area contributed by atoms with Crippen molar-refractivity contribution in [1.29, 1.82) is 0 Å². The van der Waals surface area contributed by atoms with Crippen LogP contribution in [0.1, 0.15) is 20.3 Å². The summed E-state index contributed by atoms with van der Waals surface area (Å²) in [5.74, 6) is 0.0925. The highest BCUT2D eigenvalue weighted by molar-refractivity contribution is 7.71. The first-order valence-electron chi connectivity index (χ1n) is 6.64. The van der Waals surface area contributed by atoms with Gasteiger partial charge in [0.2, 0.25) is 0 Å². The summed E-state index contributed by atoms with van der Waals surface area (Å²) < 4.78 is 21.4. The van der Waals surface area contributed by atoms with E-state index >= 15 is 0 Å². The Kier molecular flexibility index (Phi) is 5.18. The van der Waals surface area contributed by atoms with Gasteiger partial charge in [0.15, 0.2) is 4.77 Å². The van der Waals surface area contributed by atoms with Gasteiger partial charge in [-0.15, -0.1) is 0 Å². The fourth-order valence-corrected chi connectivity index (χ4v) is 2.48. The van der Waals surface area contributed by atoms with Crippen LogP contribution < -0.4 is 0 Å². The fourth-order valence-electron chi connectivity index (χ4n) is 2.02. The van der Waals surface area contributed by atoms with Gasteiger partial charge in [-0.1, -0.05) is 25.4 Å². The molecule has 1 heterocycles. The van der Waals surface area contributed by atoms with Gasteiger partial charge in [0.05, 0.1) is 16.1 Å². The first-order valence-corrected chi connectivity index (χ1v) is 7.43. The molecule has 20 heavy (non-hydrogen) atoms. The van der Waals surface area contributed by atoms with Gasteiger partial charge in [-0.2, -0.15) is 0 Å². The maximum atomic E-state index is 13.4. The quantitative estimate of drug-likeness (QED) is 0.625. The second-order valence-corrected chi connectivity index (χ2v) is 5.98. The van der Waals surface area contributed by atoms with Crippen molar-refractivity contribution in [3.05, 3.63) is 27.7 Å². The van der Waals surface area contributed by atoms with E-state index in [4.69, 9.17) is 28.6 Å². The Labute approximate surface area is 127 Å². The van der Waals surface area contributed by atoms with E-state index in [2.05, 4.69) is 18.8 Å². The van der Waals surface area contributed by atoms with Crippen molar-refractivity contribution in [2.24, 2.45) is 5.92 Å². The summed E-state index contributed by atoms with van der Waals surface area (Å²) >= 11 is 11.1. The third-order valence-corrected chi connectivity index (χ3v) is 3.55. The molecule has 0 unspecified atom stereocenters. The molecular formula is C14H18ClFN2OS. The summed E-state index contributed by atoms with van der Waals surface area (Å²) in [4.78, 5) is 2.99. The molecule has 110 valence electrons. The van der Waals surface area contributed by atoms with E-state index in [-0.39, 0.29) is 5.02 Å². The fraction of sp³-hybridized carbons (Fsp3) is 0.500. The Bertz CT molecular complexity index is 650. The van der Waals surface area contributed by atoms with E-state index in [1.54, 1.807) is 6.07 Å². The summed E-state index contributed by atoms with van der Waals surface area (Å²) in [7, 11) is 0. The summed E-state index contributed by atoms with van der Waals surface area (Å²) in [5, 5.41) is 0.108. The molecule has 1 aromatic heterocycles. The predicted molar refractivity (Wildman–Crippen MR) is 82.4 cm³/mol. The van der Waals surface area contributed by atoms with Crippen LogP contribution in [0.4, 0.5) is 4.39 Å². The van der Waals surface area contributed by atoms with E-state index in [1.165, 1.54) is 6.07 Å². The summed E-state index contributed by atoms with van der Waals surface area (Å²) in [5.41, 5.74) is 1.49. The molecule has 3 nitrogen and oxygen atoms in total. The zero-order valence-corrected chi connectivity index (χ0v) is 13.2. The molecule has 2 rings (SSSR count). The van der Waals surface area contributed by atoms with Crippen molar-refractivity contribution in [3.63, 3.8) is 0 Å². The van der Waals surface area contributed by atoms with Crippen molar-refractivity contribution >= 4 is 34.9 Å². The SMILES string of the molecule is CC(C)COCCCn1c(=S)[nH]c2cc(F)c(Cl)cc21. The van der Waals surface area contributed by atoms with Crippen LogP contribution in [0.25, 0.3) is 11.0 Å². The number of aromatic amines is 1. The number of halogens is 2. The lowest BCUT2D eigenvalue weighted by Gasteiger charge is -2.08. The second-order valence-electron chi connectivity index (χ2n) is 5.19. The van der Waals surface area contributed by atoms with Crippen molar-refractivity contribution in [2.75, 3.05) is 13.2 Å². The highest BCUT2D eigenvalue weighted by atomic mass is 35.5. The molecule has 0 saturated heterocycles. The van der Waals surface area contributed by atoms with Gasteiger partial charge in [0.25, 0.3) is 0 Å². The first kappa shape index (κ1) is 15.5. The van der Waals surface area contributed by atoms with Crippen LogP contribution in [0.5, 0.6) is 0 Å². The summed E-state index contributed by atoms with van der Waals surface area (Å²) in [6.07, 6.45) is 0.850. The number of nitrogens with zero attached hydrogens (tertiary/aromatic N) is 1. The number of aromatic nitrogens is 2. The predicted octanol–water partition coefficient (Wildman–Crippen LogP) is 4.55. The molecular weight excluding hydrogens is 299 g/mol. The molecule has 0 aliphatic rings. The second kappa shape index (κ2) is 6.70. The van der Waals surface area contributed by atoms with Crippen LogP contribution in [-0.2, 0) is 11.3 Å². The van der Waals surface area contributed by atoms with Crippen LogP contribution in [0.3, 0.4) is 0 Å². The van der Waals surface area contributed by atoms with Gasteiger partial charge in [0, 0.05) is 25.8 Å². The van der Waals surface area contributed by atoms with Crippen LogP contribution in [-0.4, -0.2) is 22.8 Å². The summed E-state index contributed by atoms with van der Waals surface area (Å²) in [6.45, 7) is 6.40. The van der Waals surface area contributed by atoms with Crippen LogP contribution >= 0.6 is 23.8 Å². The minimum absolute atomic E-state index is 0.108. The van der Waals surface area contributed by atoms with E-state index in [0.29, 0.717) is 22.8 Å². The zero-order valence-electron chi connectivity index (χ0n) is 11.6. The molecule has 0 fully saturated rings. The highest BCUT2D eigenvalue weighted by Gasteiger charge is 2.08. The average Bonchev–Trinajstić information content (AvgIpc) is 2.65. The minimum atomic E-state index is -0.442. The Balaban J connectivity index is 2.08. The van der Waals surface area contributed by atoms with E-state index in [1.807, 2.05) is 4.57 Å². The first-order chi connectivity index (χ1) is 9.49. The topological polar surface area (TPSA) is 29.9 Å². The van der Waals surface area contributed by atoms with Gasteiger partial charge < -0.3 is 14.3 Å². The molecule has 2 aromatic rings. The number of hydrogen-bond donors (Lipinski definition) is 1. The number of fused-ring (bicyclic) bond motifs is 1. The zero-order chi connectivity index (χ0) is 14.7. The molecule has 0 spiro atoms. The smallest absolute Gasteiger partial charge is 0.178 e. The molecule has 6 heteroatoms. The Morgan fingerprint density at radius 1 is 1.45 bits per heavy atom. The standard InChI is InChI=1S/C14H18ClFN2OS/c1-9(2)8-19-5-3-4-18-13-6-10(15)11(16)7-12(13)17-14(18)20/h6-7,9H,3-5,8H2,1-2H3,(H,17,20). The number of imidazole rings is 1. The van der Waals surface area contributed by atoms with Crippen molar-refractivity contribution < 1.29 is 9.13 Å². The maximum absolute atomic E-state index is 13.4. The molecule has 0 atom stereocenters. The van der Waals surface area contributed by atoms with Crippen molar-refractivity contribution in [2.45, 2.75) is 26.8 Å². The largest absolute Gasteiger partial charge is 0.381 e. The number of benzene rings is 1. The Hall–Kier alpha value is -0.910. The van der Waals surface area contributed by atoms with Gasteiger partial charge in [-0.3, -0.25) is 0 Å². The van der Waals surface area contributed by atoms with Crippen molar-refractivity contribution in [1.82, 2.24) is 9.55 Å². The third kappa shape index (κ3) is 3.59. The minimum Gasteiger partial charge on any atom is -0.381 e. The average molecular weight is 317 g/mol. The van der Waals surface area contributed by atoms with Crippen LogP contribution in [0.2, 0.25) is 5.02 Å². The van der Waals surface area contributed by atoms with E-state index in [0.717, 1.165) is 25.1 Å². The van der Waals surface area contributed by atoms with Gasteiger partial charge in [-0.25, -0.2) is 4.39 Å². The van der Waals surface area contributed by atoms with Crippen LogP contribution in [0.15, 0.2) is 12.1 Å². The molecule has 0 aliphatic heterocycles. The lowest BCUT2D eigenvalue weighted by molar-refractivity contribution is 0.105. The molecule has 0 aliphatic carbocycles. The lowest BCUT2D eigenvalue weighted by Crippen LogP contribution is -2.06. The molecule has 0 amide bonds. The third-order valence-electron chi connectivity index (χ3n) is 2.94.